The van der Waals surface area contributed by atoms with Crippen molar-refractivity contribution in [2.75, 3.05) is 0 Å². The zero-order valence-corrected chi connectivity index (χ0v) is 8.90. The molecule has 0 saturated heterocycles. The molecule has 0 aliphatic rings. The van der Waals surface area contributed by atoms with Gasteiger partial charge in [0.15, 0.2) is 0 Å². The Kier molecular flexibility index (Phi) is 2.33. The van der Waals surface area contributed by atoms with Crippen LogP contribution in [0.5, 0.6) is 0 Å². The van der Waals surface area contributed by atoms with E-state index in [9.17, 15) is 9.18 Å². The third kappa shape index (κ3) is 1.55. The molecule has 0 radical (unpaired) electrons. The molecule has 1 aromatic heterocycles. The van der Waals surface area contributed by atoms with Crippen molar-refractivity contribution in [3.63, 3.8) is 0 Å². The molecule has 1 heterocycles. The molecule has 1 aromatic carbocycles. The Morgan fingerprint density at radius 1 is 1.60 bits per heavy atom. The van der Waals surface area contributed by atoms with Crippen molar-refractivity contribution in [1.82, 2.24) is 4.57 Å². The van der Waals surface area contributed by atoms with E-state index < -0.39 is 0 Å². The normalized spacial score (nSPS) is 10.5. The largest absolute Gasteiger partial charge is 0.309 e. The van der Waals surface area contributed by atoms with Gasteiger partial charge in [-0.25, -0.2) is 4.39 Å². The first-order chi connectivity index (χ1) is 7.13. The van der Waals surface area contributed by atoms with Gasteiger partial charge in [0.05, 0.1) is 16.8 Å². The van der Waals surface area contributed by atoms with Gasteiger partial charge in [-0.1, -0.05) is 17.3 Å². The average molecular weight is 221 g/mol. The van der Waals surface area contributed by atoms with Gasteiger partial charge >= 0.3 is 4.87 Å². The first kappa shape index (κ1) is 9.94. The smallest absolute Gasteiger partial charge is 0.287 e. The Hall–Kier alpha value is -1.60. The van der Waals surface area contributed by atoms with Crippen molar-refractivity contribution < 1.29 is 4.39 Å². The Bertz CT molecular complexity index is 618. The number of halogens is 1. The first-order valence-electron chi connectivity index (χ1n) is 4.36. The maximum absolute atomic E-state index is 13.2. The van der Waals surface area contributed by atoms with Gasteiger partial charge in [-0.3, -0.25) is 9.36 Å². The summed E-state index contributed by atoms with van der Waals surface area (Å²) in [6, 6.07) is 3.03. The van der Waals surface area contributed by atoms with Gasteiger partial charge in [0, 0.05) is 0 Å². The number of thiazole rings is 1. The standard InChI is InChI=1S/C11H8FNOS/c1-3-4-13-9-5-7(2)8(12)6-10(9)15-11(13)14/h1,5-6H,4H2,2H3. The van der Waals surface area contributed by atoms with Crippen molar-refractivity contribution in [2.45, 2.75) is 13.5 Å². The molecule has 0 unspecified atom stereocenters. The van der Waals surface area contributed by atoms with E-state index in [4.69, 9.17) is 6.42 Å². The summed E-state index contributed by atoms with van der Waals surface area (Å²) in [6.45, 7) is 1.89. The molecule has 4 heteroatoms. The molecule has 0 fully saturated rings. The molecule has 0 aliphatic heterocycles. The van der Waals surface area contributed by atoms with Gasteiger partial charge in [0.1, 0.15) is 5.82 Å². The fraction of sp³-hybridized carbons (Fsp3) is 0.182. The Balaban J connectivity index is 2.83. The summed E-state index contributed by atoms with van der Waals surface area (Å²) in [5.74, 6) is 2.12. The van der Waals surface area contributed by atoms with Crippen LogP contribution >= 0.6 is 11.3 Å². The highest BCUT2D eigenvalue weighted by Gasteiger charge is 2.09. The van der Waals surface area contributed by atoms with E-state index in [1.165, 1.54) is 10.6 Å². The molecule has 0 aliphatic carbocycles. The van der Waals surface area contributed by atoms with Gasteiger partial charge in [-0.05, 0) is 24.6 Å². The molecular weight excluding hydrogens is 213 g/mol. The summed E-state index contributed by atoms with van der Waals surface area (Å²) in [6.07, 6.45) is 5.17. The lowest BCUT2D eigenvalue weighted by molar-refractivity contribution is 0.620. The van der Waals surface area contributed by atoms with Gasteiger partial charge in [-0.2, -0.15) is 0 Å². The number of aryl methyl sites for hydroxylation is 1. The lowest BCUT2D eigenvalue weighted by Gasteiger charge is -1.99. The Morgan fingerprint density at radius 2 is 2.33 bits per heavy atom. The second-order valence-corrected chi connectivity index (χ2v) is 4.22. The van der Waals surface area contributed by atoms with E-state index in [0.29, 0.717) is 15.8 Å². The molecule has 0 atom stereocenters. The van der Waals surface area contributed by atoms with E-state index in [1.54, 1.807) is 13.0 Å². The maximum atomic E-state index is 13.2. The van der Waals surface area contributed by atoms with Crippen molar-refractivity contribution in [3.8, 4) is 12.3 Å². The lowest BCUT2D eigenvalue weighted by atomic mass is 10.2. The Labute approximate surface area is 90.0 Å². The minimum Gasteiger partial charge on any atom is -0.287 e. The van der Waals surface area contributed by atoms with Gasteiger partial charge in [0.25, 0.3) is 0 Å². The van der Waals surface area contributed by atoms with E-state index in [1.807, 2.05) is 0 Å². The van der Waals surface area contributed by atoms with Crippen LogP contribution in [0.25, 0.3) is 10.2 Å². The van der Waals surface area contributed by atoms with Crippen LogP contribution in [0.2, 0.25) is 0 Å². The highest BCUT2D eigenvalue weighted by molar-refractivity contribution is 7.16. The summed E-state index contributed by atoms with van der Waals surface area (Å²) in [5.41, 5.74) is 1.23. The highest BCUT2D eigenvalue weighted by Crippen LogP contribution is 2.21. The lowest BCUT2D eigenvalue weighted by Crippen LogP contribution is -2.11. The number of fused-ring (bicyclic) bond motifs is 1. The SMILES string of the molecule is C#CCn1c(=O)sc2cc(F)c(C)cc21. The van der Waals surface area contributed by atoms with Gasteiger partial charge < -0.3 is 0 Å². The van der Waals surface area contributed by atoms with Crippen LogP contribution in [-0.2, 0) is 6.54 Å². The maximum Gasteiger partial charge on any atom is 0.309 e. The zero-order valence-electron chi connectivity index (χ0n) is 8.08. The number of nitrogens with zero attached hydrogens (tertiary/aromatic N) is 1. The van der Waals surface area contributed by atoms with Crippen molar-refractivity contribution >= 4 is 21.6 Å². The van der Waals surface area contributed by atoms with Crippen LogP contribution in [0.3, 0.4) is 0 Å². The summed E-state index contributed by atoms with van der Waals surface area (Å²) >= 11 is 1.01. The number of hydrogen-bond acceptors (Lipinski definition) is 2. The van der Waals surface area contributed by atoms with Gasteiger partial charge in [-0.15, -0.1) is 6.42 Å². The van der Waals surface area contributed by atoms with Crippen LogP contribution in [0.15, 0.2) is 16.9 Å². The number of benzene rings is 1. The van der Waals surface area contributed by atoms with Crippen molar-refractivity contribution in [1.29, 1.82) is 0 Å². The van der Waals surface area contributed by atoms with Crippen LogP contribution in [-0.4, -0.2) is 4.57 Å². The summed E-state index contributed by atoms with van der Waals surface area (Å²) in [7, 11) is 0. The summed E-state index contributed by atoms with van der Waals surface area (Å²) in [4.78, 5) is 11.4. The van der Waals surface area contributed by atoms with Gasteiger partial charge in [0.2, 0.25) is 0 Å². The van der Waals surface area contributed by atoms with E-state index in [0.717, 1.165) is 11.3 Å². The molecule has 0 amide bonds. The van der Waals surface area contributed by atoms with E-state index in [2.05, 4.69) is 5.92 Å². The molecule has 15 heavy (non-hydrogen) atoms. The first-order valence-corrected chi connectivity index (χ1v) is 5.18. The minimum absolute atomic E-state index is 0.145. The predicted octanol–water partition coefficient (Wildman–Crippen LogP) is 2.14. The third-order valence-electron chi connectivity index (χ3n) is 2.20. The molecule has 0 bridgehead atoms. The number of aromatic nitrogens is 1. The zero-order chi connectivity index (χ0) is 11.0. The highest BCUT2D eigenvalue weighted by atomic mass is 32.1. The second-order valence-electron chi connectivity index (χ2n) is 3.23. The number of hydrogen-bond donors (Lipinski definition) is 0. The van der Waals surface area contributed by atoms with Crippen molar-refractivity contribution in [2.24, 2.45) is 0 Å². The molecule has 0 spiro atoms. The molecule has 2 nitrogen and oxygen atoms in total. The predicted molar refractivity (Wildman–Crippen MR) is 59.6 cm³/mol. The minimum atomic E-state index is -0.295. The fourth-order valence-corrected chi connectivity index (χ4v) is 2.33. The summed E-state index contributed by atoms with van der Waals surface area (Å²) in [5, 5.41) is 0. The number of terminal acetylenes is 1. The van der Waals surface area contributed by atoms with E-state index >= 15 is 0 Å². The molecule has 0 saturated carbocycles. The van der Waals surface area contributed by atoms with Crippen LogP contribution in [0.1, 0.15) is 5.56 Å². The summed E-state index contributed by atoms with van der Waals surface area (Å²) < 4.78 is 15.3. The van der Waals surface area contributed by atoms with Crippen LogP contribution in [0, 0.1) is 25.1 Å². The monoisotopic (exact) mass is 221 g/mol. The molecular formula is C11H8FNOS. The number of rotatable bonds is 1. The third-order valence-corrected chi connectivity index (χ3v) is 3.14. The van der Waals surface area contributed by atoms with E-state index in [-0.39, 0.29) is 17.2 Å². The van der Waals surface area contributed by atoms with Crippen LogP contribution in [0.4, 0.5) is 4.39 Å². The quantitative estimate of drug-likeness (QED) is 0.676. The average Bonchev–Trinajstić information content (AvgIpc) is 2.46. The molecule has 0 N–H and O–H groups in total. The molecule has 2 aromatic rings. The topological polar surface area (TPSA) is 22.0 Å². The Morgan fingerprint density at radius 3 is 3.00 bits per heavy atom. The molecule has 2 rings (SSSR count). The van der Waals surface area contributed by atoms with Crippen molar-refractivity contribution in [3.05, 3.63) is 33.2 Å². The second kappa shape index (κ2) is 3.52. The fourth-order valence-electron chi connectivity index (χ4n) is 1.43. The molecule has 76 valence electrons. The van der Waals surface area contributed by atoms with Crippen LogP contribution < -0.4 is 4.87 Å².